The van der Waals surface area contributed by atoms with Crippen LogP contribution in [0.15, 0.2) is 10.8 Å². The van der Waals surface area contributed by atoms with Crippen LogP contribution in [0.25, 0.3) is 0 Å². The lowest BCUT2D eigenvalue weighted by Gasteiger charge is -1.95. The standard InChI is InChI=1S/C2H3NS3/c4-3-5-1-2-6-3/h1-2,4H. The first-order valence-corrected chi connectivity index (χ1v) is 3.44. The van der Waals surface area contributed by atoms with E-state index in [1.807, 2.05) is 10.8 Å². The van der Waals surface area contributed by atoms with Gasteiger partial charge >= 0.3 is 0 Å². The summed E-state index contributed by atoms with van der Waals surface area (Å²) in [6.07, 6.45) is 0. The van der Waals surface area contributed by atoms with Gasteiger partial charge in [-0.3, -0.25) is 0 Å². The van der Waals surface area contributed by atoms with E-state index in [1.165, 1.54) is 0 Å². The summed E-state index contributed by atoms with van der Waals surface area (Å²) in [5.41, 5.74) is 0. The van der Waals surface area contributed by atoms with Crippen molar-refractivity contribution in [3.63, 3.8) is 0 Å². The van der Waals surface area contributed by atoms with Crippen LogP contribution in [0.3, 0.4) is 0 Å². The second-order valence-electron chi connectivity index (χ2n) is 0.721. The third kappa shape index (κ3) is 1.11. The van der Waals surface area contributed by atoms with Gasteiger partial charge in [0.1, 0.15) is 0 Å². The Labute approximate surface area is 51.0 Å². The minimum absolute atomic E-state index is 1.58. The summed E-state index contributed by atoms with van der Waals surface area (Å²) >= 11 is 7.14. The molecule has 0 unspecified atom stereocenters. The monoisotopic (exact) mass is 137 g/mol. The van der Waals surface area contributed by atoms with E-state index in [-0.39, 0.29) is 0 Å². The molecule has 1 nitrogen and oxygen atoms in total. The number of thiol groups is 1. The van der Waals surface area contributed by atoms with Crippen LogP contribution >= 0.6 is 36.7 Å². The van der Waals surface area contributed by atoms with Crippen LogP contribution in [0.5, 0.6) is 0 Å². The normalized spacial score (nSPS) is 22.8. The van der Waals surface area contributed by atoms with E-state index in [9.17, 15) is 0 Å². The maximum atomic E-state index is 3.99. The molecule has 0 atom stereocenters. The zero-order chi connectivity index (χ0) is 4.41. The lowest BCUT2D eigenvalue weighted by molar-refractivity contribution is 1.34. The molecule has 0 aromatic rings. The highest BCUT2D eigenvalue weighted by Gasteiger charge is 1.99. The van der Waals surface area contributed by atoms with Crippen LogP contribution in [-0.4, -0.2) is 3.12 Å². The molecule has 0 amide bonds. The fraction of sp³-hybridized carbons (Fsp3) is 0. The zero-order valence-corrected chi connectivity index (χ0v) is 5.39. The molecule has 1 aliphatic rings. The van der Waals surface area contributed by atoms with Crippen molar-refractivity contribution in [3.8, 4) is 0 Å². The van der Waals surface area contributed by atoms with Gasteiger partial charge in [0.25, 0.3) is 0 Å². The van der Waals surface area contributed by atoms with Gasteiger partial charge in [-0.25, -0.2) is 0 Å². The summed E-state index contributed by atoms with van der Waals surface area (Å²) in [4.78, 5) is 0. The molecule has 0 aromatic carbocycles. The van der Waals surface area contributed by atoms with Gasteiger partial charge in [-0.15, -0.1) is 3.12 Å². The molecule has 0 saturated carbocycles. The Kier molecular flexibility index (Phi) is 1.76. The minimum atomic E-state index is 1.58. The predicted molar refractivity (Wildman–Crippen MR) is 35.1 cm³/mol. The van der Waals surface area contributed by atoms with Crippen LogP contribution in [0.2, 0.25) is 0 Å². The van der Waals surface area contributed by atoms with Gasteiger partial charge in [-0.2, -0.15) is 0 Å². The molecule has 0 bridgehead atoms. The van der Waals surface area contributed by atoms with E-state index in [2.05, 4.69) is 12.8 Å². The van der Waals surface area contributed by atoms with Crippen molar-refractivity contribution in [2.75, 3.05) is 0 Å². The van der Waals surface area contributed by atoms with Gasteiger partial charge in [0.05, 0.1) is 0 Å². The Balaban J connectivity index is 2.32. The second-order valence-corrected chi connectivity index (χ2v) is 3.59. The highest BCUT2D eigenvalue weighted by Crippen LogP contribution is 2.32. The molecule has 4 heteroatoms. The first-order valence-electron chi connectivity index (χ1n) is 1.37. The van der Waals surface area contributed by atoms with Gasteiger partial charge in [0, 0.05) is 0 Å². The highest BCUT2D eigenvalue weighted by atomic mass is 32.3. The van der Waals surface area contributed by atoms with E-state index >= 15 is 0 Å². The molecule has 0 fully saturated rings. The van der Waals surface area contributed by atoms with Crippen LogP contribution in [-0.2, 0) is 0 Å². The van der Waals surface area contributed by atoms with Crippen LogP contribution in [0, 0.1) is 0 Å². The molecule has 0 aliphatic carbocycles. The summed E-state index contributed by atoms with van der Waals surface area (Å²) in [7, 11) is 0. The molecule has 1 aliphatic heterocycles. The molecular formula is C2H3NS3. The maximum Gasteiger partial charge on any atom is -0.00396 e. The molecule has 0 radical (unpaired) electrons. The third-order valence-electron chi connectivity index (χ3n) is 0.358. The van der Waals surface area contributed by atoms with Crippen molar-refractivity contribution < 1.29 is 0 Å². The number of rotatable bonds is 0. The molecule has 6 heavy (non-hydrogen) atoms. The summed E-state index contributed by atoms with van der Waals surface area (Å²) in [5.74, 6) is 0. The van der Waals surface area contributed by atoms with Crippen molar-refractivity contribution in [3.05, 3.63) is 10.8 Å². The average Bonchev–Trinajstić information content (AvgIpc) is 1.86. The van der Waals surface area contributed by atoms with E-state index in [1.54, 1.807) is 27.0 Å². The fourth-order valence-electron chi connectivity index (χ4n) is 0.179. The Morgan fingerprint density at radius 3 is 2.00 bits per heavy atom. The van der Waals surface area contributed by atoms with Crippen molar-refractivity contribution in [2.45, 2.75) is 0 Å². The van der Waals surface area contributed by atoms with Gasteiger partial charge in [-0.05, 0) is 34.7 Å². The SMILES string of the molecule is SN1SC=CS1. The van der Waals surface area contributed by atoms with Crippen LogP contribution in [0.1, 0.15) is 0 Å². The zero-order valence-electron chi connectivity index (χ0n) is 2.87. The Bertz CT molecular complexity index is 63.2. The first-order chi connectivity index (χ1) is 2.89. The van der Waals surface area contributed by atoms with Crippen molar-refractivity contribution >= 4 is 36.7 Å². The van der Waals surface area contributed by atoms with E-state index in [0.717, 1.165) is 0 Å². The largest absolute Gasteiger partial charge is 0.132 e. The molecule has 1 rings (SSSR count). The van der Waals surface area contributed by atoms with Crippen LogP contribution < -0.4 is 0 Å². The fourth-order valence-corrected chi connectivity index (χ4v) is 1.61. The molecule has 0 aromatic heterocycles. The van der Waals surface area contributed by atoms with Gasteiger partial charge in [0.15, 0.2) is 0 Å². The number of hydrogen-bond acceptors (Lipinski definition) is 4. The summed E-state index contributed by atoms with van der Waals surface area (Å²) in [6.45, 7) is 0. The topological polar surface area (TPSA) is 3.24 Å². The van der Waals surface area contributed by atoms with Gasteiger partial charge in [-0.1, -0.05) is 12.8 Å². The number of nitrogens with zero attached hydrogens (tertiary/aromatic N) is 1. The van der Waals surface area contributed by atoms with E-state index in [4.69, 9.17) is 0 Å². The van der Waals surface area contributed by atoms with E-state index in [0.29, 0.717) is 0 Å². The van der Waals surface area contributed by atoms with Crippen molar-refractivity contribution in [2.24, 2.45) is 0 Å². The first kappa shape index (κ1) is 4.90. The average molecular weight is 137 g/mol. The summed E-state index contributed by atoms with van der Waals surface area (Å²) < 4.78 is 1.78. The molecule has 0 spiro atoms. The summed E-state index contributed by atoms with van der Waals surface area (Å²) in [5, 5.41) is 3.97. The van der Waals surface area contributed by atoms with Crippen molar-refractivity contribution in [1.82, 2.24) is 3.12 Å². The third-order valence-corrected chi connectivity index (χ3v) is 2.49. The molecule has 1 heterocycles. The number of hydrogen-bond donors (Lipinski definition) is 1. The Morgan fingerprint density at radius 1 is 1.33 bits per heavy atom. The smallest absolute Gasteiger partial charge is 0.00396 e. The lowest BCUT2D eigenvalue weighted by atomic mass is 11.3. The second kappa shape index (κ2) is 2.16. The lowest BCUT2D eigenvalue weighted by Crippen LogP contribution is -1.74. The predicted octanol–water partition coefficient (Wildman–Crippen LogP) is 1.91. The van der Waals surface area contributed by atoms with Crippen molar-refractivity contribution in [1.29, 1.82) is 0 Å². The quantitative estimate of drug-likeness (QED) is 0.401. The maximum absolute atomic E-state index is 3.99. The molecule has 34 valence electrons. The Morgan fingerprint density at radius 2 is 1.83 bits per heavy atom. The molecular weight excluding hydrogens is 134 g/mol. The van der Waals surface area contributed by atoms with Gasteiger partial charge in [0.2, 0.25) is 0 Å². The Hall–Kier alpha value is 0.750. The molecule has 0 saturated heterocycles. The minimum Gasteiger partial charge on any atom is -0.132 e. The summed E-state index contributed by atoms with van der Waals surface area (Å²) in [6, 6.07) is 0. The highest BCUT2D eigenvalue weighted by molar-refractivity contribution is 8.25. The van der Waals surface area contributed by atoms with Crippen LogP contribution in [0.4, 0.5) is 0 Å². The van der Waals surface area contributed by atoms with E-state index < -0.39 is 0 Å². The molecule has 0 N–H and O–H groups in total. The van der Waals surface area contributed by atoms with Gasteiger partial charge < -0.3 is 0 Å².